The third kappa shape index (κ3) is 2.15. The Hall–Kier alpha value is -1.03. The molecule has 0 aliphatic carbocycles. The Morgan fingerprint density at radius 3 is 3.13 bits per heavy atom. The zero-order valence-electron chi connectivity index (χ0n) is 8.61. The van der Waals surface area contributed by atoms with Gasteiger partial charge in [-0.25, -0.2) is 4.98 Å². The third-order valence-corrected chi connectivity index (χ3v) is 2.87. The zero-order valence-corrected chi connectivity index (χ0v) is 10.2. The molecule has 0 amide bonds. The van der Waals surface area contributed by atoms with E-state index in [1.54, 1.807) is 6.20 Å². The molecule has 0 saturated heterocycles. The van der Waals surface area contributed by atoms with Gasteiger partial charge >= 0.3 is 0 Å². The van der Waals surface area contributed by atoms with E-state index in [4.69, 9.17) is 4.74 Å². The van der Waals surface area contributed by atoms with Crippen molar-refractivity contribution in [3.05, 3.63) is 29.1 Å². The van der Waals surface area contributed by atoms with Gasteiger partial charge in [-0.15, -0.1) is 0 Å². The molecule has 2 aromatic heterocycles. The normalized spacial score (nSPS) is 10.8. The van der Waals surface area contributed by atoms with Crippen LogP contribution in [-0.4, -0.2) is 16.0 Å². The van der Waals surface area contributed by atoms with Gasteiger partial charge in [-0.1, -0.05) is 13.3 Å². The summed E-state index contributed by atoms with van der Waals surface area (Å²) >= 11 is 3.46. The Kier molecular flexibility index (Phi) is 3.26. The lowest BCUT2D eigenvalue weighted by Crippen LogP contribution is -1.99. The lowest BCUT2D eigenvalue weighted by atomic mass is 10.3. The van der Waals surface area contributed by atoms with Gasteiger partial charge in [0.05, 0.1) is 11.2 Å². The summed E-state index contributed by atoms with van der Waals surface area (Å²) < 4.78 is 8.61. The highest BCUT2D eigenvalue weighted by molar-refractivity contribution is 9.10. The number of fused-ring (bicyclic) bond motifs is 1. The maximum atomic E-state index is 5.67. The van der Waals surface area contributed by atoms with Gasteiger partial charge in [-0.3, -0.25) is 4.40 Å². The SMILES string of the molecule is CCCCOc1ccc(Br)n2ccnc12. The van der Waals surface area contributed by atoms with Gasteiger partial charge in [0, 0.05) is 12.4 Å². The number of nitrogens with zero attached hydrogens (tertiary/aromatic N) is 2. The second kappa shape index (κ2) is 4.66. The molecule has 0 unspecified atom stereocenters. The monoisotopic (exact) mass is 268 g/mol. The Labute approximate surface area is 97.2 Å². The molecule has 0 bridgehead atoms. The standard InChI is InChI=1S/C11H13BrN2O/c1-2-3-8-15-9-4-5-10(12)14-7-6-13-11(9)14/h4-7H,2-3,8H2,1H3. The number of rotatable bonds is 4. The highest BCUT2D eigenvalue weighted by Gasteiger charge is 2.05. The molecular formula is C11H13BrN2O. The second-order valence-corrected chi connectivity index (χ2v) is 4.16. The van der Waals surface area contributed by atoms with Crippen LogP contribution in [0.4, 0.5) is 0 Å². The van der Waals surface area contributed by atoms with Gasteiger partial charge in [0.1, 0.15) is 0 Å². The van der Waals surface area contributed by atoms with Crippen molar-refractivity contribution in [3.8, 4) is 5.75 Å². The number of pyridine rings is 1. The summed E-state index contributed by atoms with van der Waals surface area (Å²) in [5.74, 6) is 0.844. The van der Waals surface area contributed by atoms with Crippen LogP contribution in [0.5, 0.6) is 5.75 Å². The first-order valence-corrected chi connectivity index (χ1v) is 5.86. The molecule has 0 N–H and O–H groups in total. The Balaban J connectivity index is 2.27. The van der Waals surface area contributed by atoms with Crippen molar-refractivity contribution in [1.82, 2.24) is 9.38 Å². The summed E-state index contributed by atoms with van der Waals surface area (Å²) in [7, 11) is 0. The van der Waals surface area contributed by atoms with Gasteiger partial charge in [-0.05, 0) is 34.5 Å². The minimum Gasteiger partial charge on any atom is -0.490 e. The summed E-state index contributed by atoms with van der Waals surface area (Å²) in [6, 6.07) is 3.91. The third-order valence-electron chi connectivity index (χ3n) is 2.22. The minimum absolute atomic E-state index is 0.751. The smallest absolute Gasteiger partial charge is 0.180 e. The molecule has 0 radical (unpaired) electrons. The molecule has 3 nitrogen and oxygen atoms in total. The number of hydrogen-bond acceptors (Lipinski definition) is 2. The molecule has 0 aliphatic rings. The number of halogens is 1. The molecule has 0 fully saturated rings. The summed E-state index contributed by atoms with van der Waals surface area (Å²) in [6.07, 6.45) is 5.89. The van der Waals surface area contributed by atoms with Crippen LogP contribution < -0.4 is 4.74 Å². The molecule has 2 aromatic rings. The molecule has 2 heterocycles. The van der Waals surface area contributed by atoms with E-state index in [1.807, 2.05) is 22.7 Å². The Bertz CT molecular complexity index is 453. The molecule has 80 valence electrons. The van der Waals surface area contributed by atoms with Crippen LogP contribution in [0.3, 0.4) is 0 Å². The van der Waals surface area contributed by atoms with Crippen molar-refractivity contribution in [3.63, 3.8) is 0 Å². The first kappa shape index (κ1) is 10.5. The Morgan fingerprint density at radius 2 is 2.33 bits per heavy atom. The van der Waals surface area contributed by atoms with E-state index < -0.39 is 0 Å². The van der Waals surface area contributed by atoms with Crippen molar-refractivity contribution >= 4 is 21.6 Å². The van der Waals surface area contributed by atoms with E-state index in [2.05, 4.69) is 27.8 Å². The van der Waals surface area contributed by atoms with Crippen LogP contribution in [0.2, 0.25) is 0 Å². The Morgan fingerprint density at radius 1 is 1.47 bits per heavy atom. The van der Waals surface area contributed by atoms with Crippen molar-refractivity contribution in [2.24, 2.45) is 0 Å². The van der Waals surface area contributed by atoms with Crippen LogP contribution in [-0.2, 0) is 0 Å². The number of ether oxygens (including phenoxy) is 1. The van der Waals surface area contributed by atoms with Crippen LogP contribution in [0.1, 0.15) is 19.8 Å². The highest BCUT2D eigenvalue weighted by Crippen LogP contribution is 2.22. The first-order chi connectivity index (χ1) is 7.33. The van der Waals surface area contributed by atoms with Crippen molar-refractivity contribution in [2.75, 3.05) is 6.61 Å². The van der Waals surface area contributed by atoms with Crippen molar-refractivity contribution in [2.45, 2.75) is 19.8 Å². The minimum atomic E-state index is 0.751. The van der Waals surface area contributed by atoms with Crippen LogP contribution in [0, 0.1) is 0 Å². The van der Waals surface area contributed by atoms with E-state index >= 15 is 0 Å². The van der Waals surface area contributed by atoms with Gasteiger partial charge in [0.15, 0.2) is 11.4 Å². The number of unbranched alkanes of at least 4 members (excludes halogenated alkanes) is 1. The largest absolute Gasteiger partial charge is 0.490 e. The molecule has 0 saturated carbocycles. The van der Waals surface area contributed by atoms with Gasteiger partial charge < -0.3 is 4.74 Å². The maximum Gasteiger partial charge on any atom is 0.180 e. The predicted molar refractivity (Wildman–Crippen MR) is 63.3 cm³/mol. The van der Waals surface area contributed by atoms with E-state index in [-0.39, 0.29) is 0 Å². The van der Waals surface area contributed by atoms with Gasteiger partial charge in [0.2, 0.25) is 0 Å². The molecule has 0 aromatic carbocycles. The molecule has 2 rings (SSSR count). The average molecular weight is 269 g/mol. The summed E-state index contributed by atoms with van der Waals surface area (Å²) in [4.78, 5) is 4.27. The lowest BCUT2D eigenvalue weighted by Gasteiger charge is -2.07. The van der Waals surface area contributed by atoms with E-state index in [0.29, 0.717) is 0 Å². The topological polar surface area (TPSA) is 26.5 Å². The van der Waals surface area contributed by atoms with Crippen LogP contribution in [0.25, 0.3) is 5.65 Å². The lowest BCUT2D eigenvalue weighted by molar-refractivity contribution is 0.311. The van der Waals surface area contributed by atoms with Crippen LogP contribution in [0.15, 0.2) is 29.1 Å². The zero-order chi connectivity index (χ0) is 10.7. The molecule has 0 spiro atoms. The first-order valence-electron chi connectivity index (χ1n) is 5.07. The predicted octanol–water partition coefficient (Wildman–Crippen LogP) is 3.28. The average Bonchev–Trinajstić information content (AvgIpc) is 2.71. The number of hydrogen-bond donors (Lipinski definition) is 0. The van der Waals surface area contributed by atoms with Crippen molar-refractivity contribution < 1.29 is 4.74 Å². The highest BCUT2D eigenvalue weighted by atomic mass is 79.9. The molecular weight excluding hydrogens is 256 g/mol. The van der Waals surface area contributed by atoms with Crippen molar-refractivity contribution in [1.29, 1.82) is 0 Å². The fourth-order valence-electron chi connectivity index (χ4n) is 1.40. The van der Waals surface area contributed by atoms with Crippen LogP contribution >= 0.6 is 15.9 Å². The van der Waals surface area contributed by atoms with Gasteiger partial charge in [0.25, 0.3) is 0 Å². The molecule has 0 aliphatic heterocycles. The fraction of sp³-hybridized carbons (Fsp3) is 0.364. The second-order valence-electron chi connectivity index (χ2n) is 3.34. The summed E-state index contributed by atoms with van der Waals surface area (Å²) in [5.41, 5.74) is 0.862. The fourth-order valence-corrected chi connectivity index (χ4v) is 1.81. The van der Waals surface area contributed by atoms with E-state index in [1.165, 1.54) is 0 Å². The van der Waals surface area contributed by atoms with Gasteiger partial charge in [-0.2, -0.15) is 0 Å². The number of imidazole rings is 1. The maximum absolute atomic E-state index is 5.67. The quantitative estimate of drug-likeness (QED) is 0.629. The molecule has 15 heavy (non-hydrogen) atoms. The van der Waals surface area contributed by atoms with E-state index in [9.17, 15) is 0 Å². The summed E-state index contributed by atoms with van der Waals surface area (Å²) in [6.45, 7) is 2.90. The molecule has 4 heteroatoms. The molecule has 0 atom stereocenters. The number of aromatic nitrogens is 2. The summed E-state index contributed by atoms with van der Waals surface area (Å²) in [5, 5.41) is 0. The van der Waals surface area contributed by atoms with E-state index in [0.717, 1.165) is 35.4 Å².